The average Bonchev–Trinajstić information content (AvgIpc) is 2.75. The number of carboxylic acid groups (broad SMARTS) is 1. The highest BCUT2D eigenvalue weighted by Gasteiger charge is 2.39. The summed E-state index contributed by atoms with van der Waals surface area (Å²) < 4.78 is 0. The van der Waals surface area contributed by atoms with Crippen molar-refractivity contribution in [3.05, 3.63) is 32.8 Å². The molecule has 102 valence electrons. The van der Waals surface area contributed by atoms with E-state index in [-0.39, 0.29) is 21.4 Å². The largest absolute Gasteiger partial charge is 0.481 e. The van der Waals surface area contributed by atoms with Gasteiger partial charge in [0.2, 0.25) is 0 Å². The summed E-state index contributed by atoms with van der Waals surface area (Å²) in [6.07, 6.45) is 1.77. The summed E-state index contributed by atoms with van der Waals surface area (Å²) in [5, 5.41) is 9.79. The Balaban J connectivity index is 2.37. The zero-order chi connectivity index (χ0) is 14.2. The molecule has 1 N–H and O–H groups in total. The van der Waals surface area contributed by atoms with Crippen LogP contribution in [0, 0.1) is 11.8 Å². The molecule has 0 bridgehead atoms. The van der Waals surface area contributed by atoms with E-state index >= 15 is 0 Å². The Morgan fingerprint density at radius 1 is 1.05 bits per heavy atom. The molecule has 0 saturated heterocycles. The molecule has 2 atom stereocenters. The van der Waals surface area contributed by atoms with E-state index in [4.69, 9.17) is 39.9 Å². The number of Topliss-reactive ketones (excluding diaryl/α,β-unsaturated/α-hetero) is 1. The number of aliphatic carboxylic acids is 1. The molecule has 0 aliphatic heterocycles. The molecule has 19 heavy (non-hydrogen) atoms. The third-order valence-corrected chi connectivity index (χ3v) is 4.24. The van der Waals surface area contributed by atoms with E-state index in [0.29, 0.717) is 17.9 Å². The summed E-state index contributed by atoms with van der Waals surface area (Å²) in [5.74, 6) is -2.47. The fourth-order valence-electron chi connectivity index (χ4n) is 2.53. The molecular weight excluding hydrogens is 310 g/mol. The SMILES string of the molecule is O=C(O)C1CCCC1C(=O)c1c(Cl)cc(Cl)cc1Cl. The highest BCUT2D eigenvalue weighted by atomic mass is 35.5. The van der Waals surface area contributed by atoms with Gasteiger partial charge in [-0.1, -0.05) is 41.2 Å². The third-order valence-electron chi connectivity index (χ3n) is 3.42. The third kappa shape index (κ3) is 2.88. The van der Waals surface area contributed by atoms with Gasteiger partial charge in [-0.05, 0) is 25.0 Å². The highest BCUT2D eigenvalue weighted by molar-refractivity contribution is 6.42. The van der Waals surface area contributed by atoms with E-state index in [1.165, 1.54) is 12.1 Å². The average molecular weight is 322 g/mol. The lowest BCUT2D eigenvalue weighted by Gasteiger charge is -2.16. The van der Waals surface area contributed by atoms with Crippen LogP contribution in [-0.2, 0) is 4.79 Å². The van der Waals surface area contributed by atoms with Gasteiger partial charge in [-0.2, -0.15) is 0 Å². The number of halogens is 3. The van der Waals surface area contributed by atoms with Gasteiger partial charge >= 0.3 is 5.97 Å². The number of hydrogen-bond acceptors (Lipinski definition) is 2. The van der Waals surface area contributed by atoms with Gasteiger partial charge in [0.15, 0.2) is 5.78 Å². The van der Waals surface area contributed by atoms with Gasteiger partial charge < -0.3 is 5.11 Å². The van der Waals surface area contributed by atoms with Crippen LogP contribution in [0.3, 0.4) is 0 Å². The minimum atomic E-state index is -0.947. The molecular formula is C13H11Cl3O3. The molecule has 2 unspecified atom stereocenters. The molecule has 0 spiro atoms. The standard InChI is InChI=1S/C13H11Cl3O3/c14-6-4-9(15)11(10(16)5-6)12(17)7-2-1-3-8(7)13(18)19/h4-5,7-8H,1-3H2,(H,18,19). The van der Waals surface area contributed by atoms with Crippen molar-refractivity contribution in [2.75, 3.05) is 0 Å². The lowest BCUT2D eigenvalue weighted by atomic mass is 9.88. The molecule has 1 aliphatic carbocycles. The van der Waals surface area contributed by atoms with Crippen LogP contribution < -0.4 is 0 Å². The quantitative estimate of drug-likeness (QED) is 0.843. The van der Waals surface area contributed by atoms with Crippen LogP contribution in [0.5, 0.6) is 0 Å². The maximum Gasteiger partial charge on any atom is 0.307 e. The molecule has 1 fully saturated rings. The maximum atomic E-state index is 12.4. The van der Waals surface area contributed by atoms with Gasteiger partial charge in [0.25, 0.3) is 0 Å². The van der Waals surface area contributed by atoms with E-state index in [9.17, 15) is 9.59 Å². The number of hydrogen-bond donors (Lipinski definition) is 1. The summed E-state index contributed by atoms with van der Waals surface area (Å²) >= 11 is 17.8. The molecule has 3 nitrogen and oxygen atoms in total. The fourth-order valence-corrected chi connectivity index (χ4v) is 3.54. The molecule has 6 heteroatoms. The molecule has 2 rings (SSSR count). The minimum absolute atomic E-state index is 0.165. The van der Waals surface area contributed by atoms with Crippen LogP contribution in [0.15, 0.2) is 12.1 Å². The second kappa shape index (κ2) is 5.70. The van der Waals surface area contributed by atoms with E-state index in [1.54, 1.807) is 0 Å². The second-order valence-electron chi connectivity index (χ2n) is 4.59. The van der Waals surface area contributed by atoms with Gasteiger partial charge in [-0.25, -0.2) is 0 Å². The molecule has 0 heterocycles. The van der Waals surface area contributed by atoms with Crippen molar-refractivity contribution in [3.8, 4) is 0 Å². The molecule has 0 amide bonds. The minimum Gasteiger partial charge on any atom is -0.481 e. The Kier molecular flexibility index (Phi) is 4.39. The van der Waals surface area contributed by atoms with Crippen molar-refractivity contribution in [2.45, 2.75) is 19.3 Å². The van der Waals surface area contributed by atoms with E-state index in [0.717, 1.165) is 6.42 Å². The van der Waals surface area contributed by atoms with E-state index < -0.39 is 17.8 Å². The topological polar surface area (TPSA) is 54.4 Å². The number of benzene rings is 1. The Hall–Kier alpha value is -0.770. The van der Waals surface area contributed by atoms with Crippen molar-refractivity contribution >= 4 is 46.6 Å². The van der Waals surface area contributed by atoms with Crippen LogP contribution in [-0.4, -0.2) is 16.9 Å². The Labute approximate surface area is 125 Å². The first-order valence-electron chi connectivity index (χ1n) is 5.83. The van der Waals surface area contributed by atoms with E-state index in [1.807, 2.05) is 0 Å². The lowest BCUT2D eigenvalue weighted by molar-refractivity contribution is -0.142. The predicted molar refractivity (Wildman–Crippen MR) is 74.3 cm³/mol. The van der Waals surface area contributed by atoms with Crippen molar-refractivity contribution < 1.29 is 14.7 Å². The summed E-state index contributed by atoms with van der Waals surface area (Å²) in [4.78, 5) is 23.6. The van der Waals surface area contributed by atoms with Crippen molar-refractivity contribution in [3.63, 3.8) is 0 Å². The van der Waals surface area contributed by atoms with Crippen LogP contribution >= 0.6 is 34.8 Å². The molecule has 0 radical (unpaired) electrons. The number of carbonyl (C=O) groups is 2. The first-order chi connectivity index (χ1) is 8.91. The number of rotatable bonds is 3. The van der Waals surface area contributed by atoms with Crippen LogP contribution in [0.25, 0.3) is 0 Å². The lowest BCUT2D eigenvalue weighted by Crippen LogP contribution is -2.25. The van der Waals surface area contributed by atoms with Gasteiger partial charge in [0, 0.05) is 10.9 Å². The molecule has 1 saturated carbocycles. The number of carbonyl (C=O) groups excluding carboxylic acids is 1. The smallest absolute Gasteiger partial charge is 0.307 e. The molecule has 1 aromatic carbocycles. The predicted octanol–water partition coefficient (Wildman–Crippen LogP) is 4.33. The Morgan fingerprint density at radius 3 is 2.11 bits per heavy atom. The zero-order valence-electron chi connectivity index (χ0n) is 9.83. The van der Waals surface area contributed by atoms with Gasteiger partial charge in [-0.3, -0.25) is 9.59 Å². The summed E-state index contributed by atoms with van der Waals surface area (Å²) in [7, 11) is 0. The number of carboxylic acids is 1. The van der Waals surface area contributed by atoms with Crippen molar-refractivity contribution in [2.24, 2.45) is 11.8 Å². The van der Waals surface area contributed by atoms with Gasteiger partial charge in [-0.15, -0.1) is 0 Å². The monoisotopic (exact) mass is 320 g/mol. The normalized spacial score (nSPS) is 22.5. The van der Waals surface area contributed by atoms with Gasteiger partial charge in [0.1, 0.15) is 0 Å². The summed E-state index contributed by atoms with van der Waals surface area (Å²) in [5.41, 5.74) is 0.172. The summed E-state index contributed by atoms with van der Waals surface area (Å²) in [6, 6.07) is 2.87. The molecule has 1 aromatic rings. The Morgan fingerprint density at radius 2 is 1.58 bits per heavy atom. The highest BCUT2D eigenvalue weighted by Crippen LogP contribution is 2.38. The second-order valence-corrected chi connectivity index (χ2v) is 5.84. The Bertz CT molecular complexity index is 519. The maximum absolute atomic E-state index is 12.4. The van der Waals surface area contributed by atoms with Crippen LogP contribution in [0.4, 0.5) is 0 Å². The first kappa shape index (κ1) is 14.6. The van der Waals surface area contributed by atoms with Crippen molar-refractivity contribution in [1.29, 1.82) is 0 Å². The van der Waals surface area contributed by atoms with E-state index in [2.05, 4.69) is 0 Å². The number of ketones is 1. The summed E-state index contributed by atoms with van der Waals surface area (Å²) in [6.45, 7) is 0. The molecule has 0 aromatic heterocycles. The molecule has 1 aliphatic rings. The van der Waals surface area contributed by atoms with Gasteiger partial charge in [0.05, 0.1) is 21.5 Å². The zero-order valence-corrected chi connectivity index (χ0v) is 12.1. The van der Waals surface area contributed by atoms with Crippen molar-refractivity contribution in [1.82, 2.24) is 0 Å². The first-order valence-corrected chi connectivity index (χ1v) is 6.96. The van der Waals surface area contributed by atoms with Crippen LogP contribution in [0.1, 0.15) is 29.6 Å². The van der Waals surface area contributed by atoms with Crippen LogP contribution in [0.2, 0.25) is 15.1 Å². The fraction of sp³-hybridized carbons (Fsp3) is 0.385.